The van der Waals surface area contributed by atoms with Crippen LogP contribution in [0.25, 0.3) is 0 Å². The molecule has 0 saturated carbocycles. The number of rotatable bonds is 1. The van der Waals surface area contributed by atoms with Crippen LogP contribution in [0.4, 0.5) is 0 Å². The highest BCUT2D eigenvalue weighted by Gasteiger charge is 2.30. The van der Waals surface area contributed by atoms with Gasteiger partial charge in [-0.15, -0.1) is 0 Å². The maximum absolute atomic E-state index is 11.2. The van der Waals surface area contributed by atoms with E-state index in [0.717, 1.165) is 25.0 Å². The fourth-order valence-corrected chi connectivity index (χ4v) is 1.65. The maximum atomic E-state index is 11.2. The highest BCUT2D eigenvalue weighted by Crippen LogP contribution is 2.25. The van der Waals surface area contributed by atoms with Crippen LogP contribution in [0.3, 0.4) is 0 Å². The zero-order chi connectivity index (χ0) is 8.39. The van der Waals surface area contributed by atoms with Gasteiger partial charge in [-0.05, 0) is 18.4 Å². The summed E-state index contributed by atoms with van der Waals surface area (Å²) in [6.45, 7) is 1.96. The molecule has 0 bridgehead atoms. The van der Waals surface area contributed by atoms with Gasteiger partial charge in [0.2, 0.25) is 0 Å². The van der Waals surface area contributed by atoms with Crippen LogP contribution in [-0.2, 0) is 14.3 Å². The molecule has 0 aromatic carbocycles. The first-order chi connectivity index (χ1) is 5.88. The first-order valence-electron chi connectivity index (χ1n) is 4.31. The average Bonchev–Trinajstić information content (AvgIpc) is 2.53. The van der Waals surface area contributed by atoms with Gasteiger partial charge in [0.1, 0.15) is 0 Å². The van der Waals surface area contributed by atoms with Gasteiger partial charge < -0.3 is 9.47 Å². The zero-order valence-electron chi connectivity index (χ0n) is 6.91. The van der Waals surface area contributed by atoms with Crippen LogP contribution < -0.4 is 0 Å². The number of ether oxygens (including phenoxy) is 2. The third-order valence-corrected chi connectivity index (χ3v) is 2.32. The Bertz CT molecular complexity index is 220. The van der Waals surface area contributed by atoms with Gasteiger partial charge in [0.25, 0.3) is 0 Å². The molecule has 2 aliphatic rings. The second-order valence-corrected chi connectivity index (χ2v) is 3.13. The van der Waals surface area contributed by atoms with E-state index in [4.69, 9.17) is 9.47 Å². The molecule has 3 heteroatoms. The maximum Gasteiger partial charge on any atom is 0.313 e. The Labute approximate surface area is 71.3 Å². The van der Waals surface area contributed by atoms with Crippen LogP contribution in [-0.4, -0.2) is 25.8 Å². The van der Waals surface area contributed by atoms with Crippen molar-refractivity contribution in [2.45, 2.75) is 12.8 Å². The van der Waals surface area contributed by atoms with Crippen LogP contribution in [0, 0.1) is 5.92 Å². The van der Waals surface area contributed by atoms with Crippen molar-refractivity contribution in [3.8, 4) is 0 Å². The van der Waals surface area contributed by atoms with E-state index in [-0.39, 0.29) is 11.9 Å². The number of hydrogen-bond acceptors (Lipinski definition) is 3. The Morgan fingerprint density at radius 1 is 1.42 bits per heavy atom. The topological polar surface area (TPSA) is 35.5 Å². The minimum Gasteiger partial charge on any atom is -0.465 e. The standard InChI is InChI=1S/C9H12O3/c10-9-8(3-5-12-9)7-2-1-4-11-6-7/h2,8H,1,3-6H2. The van der Waals surface area contributed by atoms with Crippen molar-refractivity contribution in [2.75, 3.05) is 19.8 Å². The number of esters is 1. The molecule has 2 heterocycles. The van der Waals surface area contributed by atoms with E-state index in [0.29, 0.717) is 13.2 Å². The van der Waals surface area contributed by atoms with Gasteiger partial charge in [-0.3, -0.25) is 4.79 Å². The molecule has 0 spiro atoms. The Kier molecular flexibility index (Phi) is 2.13. The van der Waals surface area contributed by atoms with Gasteiger partial charge in [-0.25, -0.2) is 0 Å². The smallest absolute Gasteiger partial charge is 0.313 e. The molecule has 1 fully saturated rings. The number of carbonyl (C=O) groups is 1. The zero-order valence-corrected chi connectivity index (χ0v) is 6.91. The lowest BCUT2D eigenvalue weighted by Gasteiger charge is -2.16. The van der Waals surface area contributed by atoms with Crippen molar-refractivity contribution in [3.05, 3.63) is 11.6 Å². The monoisotopic (exact) mass is 168 g/mol. The molecule has 2 aliphatic heterocycles. The second-order valence-electron chi connectivity index (χ2n) is 3.13. The third-order valence-electron chi connectivity index (χ3n) is 2.32. The van der Waals surface area contributed by atoms with Crippen LogP contribution >= 0.6 is 0 Å². The van der Waals surface area contributed by atoms with Crippen LogP contribution in [0.2, 0.25) is 0 Å². The molecular weight excluding hydrogens is 156 g/mol. The SMILES string of the molecule is O=C1OCCC1C1=CCCOC1. The predicted molar refractivity (Wildman–Crippen MR) is 42.6 cm³/mol. The van der Waals surface area contributed by atoms with E-state index in [2.05, 4.69) is 6.08 Å². The van der Waals surface area contributed by atoms with E-state index in [1.54, 1.807) is 0 Å². The van der Waals surface area contributed by atoms with Crippen LogP contribution in [0.15, 0.2) is 11.6 Å². The molecule has 1 atom stereocenters. The molecule has 0 amide bonds. The lowest BCUT2D eigenvalue weighted by atomic mass is 9.96. The molecule has 0 N–H and O–H groups in total. The number of hydrogen-bond donors (Lipinski definition) is 0. The van der Waals surface area contributed by atoms with Gasteiger partial charge in [-0.1, -0.05) is 6.08 Å². The van der Waals surface area contributed by atoms with Gasteiger partial charge >= 0.3 is 5.97 Å². The summed E-state index contributed by atoms with van der Waals surface area (Å²) in [4.78, 5) is 11.2. The lowest BCUT2D eigenvalue weighted by molar-refractivity contribution is -0.140. The minimum atomic E-state index is -0.0771. The highest BCUT2D eigenvalue weighted by molar-refractivity contribution is 5.77. The van der Waals surface area contributed by atoms with E-state index in [1.165, 1.54) is 0 Å². The average molecular weight is 168 g/mol. The Balaban J connectivity index is 2.07. The molecule has 0 radical (unpaired) electrons. The third kappa shape index (κ3) is 1.37. The Morgan fingerprint density at radius 3 is 2.92 bits per heavy atom. The van der Waals surface area contributed by atoms with Crippen molar-refractivity contribution in [3.63, 3.8) is 0 Å². The predicted octanol–water partition coefficient (Wildman–Crippen LogP) is 0.896. The molecule has 3 nitrogen and oxygen atoms in total. The van der Waals surface area contributed by atoms with Crippen LogP contribution in [0.5, 0.6) is 0 Å². The van der Waals surface area contributed by atoms with E-state index in [1.807, 2.05) is 0 Å². The molecule has 1 saturated heterocycles. The summed E-state index contributed by atoms with van der Waals surface area (Å²) in [5.41, 5.74) is 1.11. The molecule has 12 heavy (non-hydrogen) atoms. The molecule has 0 aromatic rings. The largest absolute Gasteiger partial charge is 0.465 e. The Morgan fingerprint density at radius 2 is 2.33 bits per heavy atom. The molecular formula is C9H12O3. The number of cyclic esters (lactones) is 1. The van der Waals surface area contributed by atoms with Gasteiger partial charge in [-0.2, -0.15) is 0 Å². The van der Waals surface area contributed by atoms with Gasteiger partial charge in [0.05, 0.1) is 25.7 Å². The van der Waals surface area contributed by atoms with E-state index >= 15 is 0 Å². The first kappa shape index (κ1) is 7.80. The van der Waals surface area contributed by atoms with Gasteiger partial charge in [0.15, 0.2) is 0 Å². The van der Waals surface area contributed by atoms with Crippen molar-refractivity contribution in [1.29, 1.82) is 0 Å². The first-order valence-corrected chi connectivity index (χ1v) is 4.31. The van der Waals surface area contributed by atoms with Crippen molar-refractivity contribution < 1.29 is 14.3 Å². The lowest BCUT2D eigenvalue weighted by Crippen LogP contribution is -2.17. The summed E-state index contributed by atoms with van der Waals surface area (Å²) in [6, 6.07) is 0. The molecule has 1 unspecified atom stereocenters. The molecule has 66 valence electrons. The summed E-state index contributed by atoms with van der Waals surface area (Å²) in [6.07, 6.45) is 3.87. The summed E-state index contributed by atoms with van der Waals surface area (Å²) in [7, 11) is 0. The van der Waals surface area contributed by atoms with E-state index in [9.17, 15) is 4.79 Å². The quantitative estimate of drug-likeness (QED) is 0.431. The highest BCUT2D eigenvalue weighted by atomic mass is 16.5. The summed E-state index contributed by atoms with van der Waals surface area (Å²) >= 11 is 0. The number of carbonyl (C=O) groups excluding carboxylic acids is 1. The summed E-state index contributed by atoms with van der Waals surface area (Å²) < 4.78 is 10.2. The fraction of sp³-hybridized carbons (Fsp3) is 0.667. The van der Waals surface area contributed by atoms with Crippen molar-refractivity contribution in [2.24, 2.45) is 5.92 Å². The minimum absolute atomic E-state index is 0.00898. The van der Waals surface area contributed by atoms with Crippen molar-refractivity contribution >= 4 is 5.97 Å². The molecule has 0 aliphatic carbocycles. The molecule has 2 rings (SSSR count). The molecule has 0 aromatic heterocycles. The van der Waals surface area contributed by atoms with Crippen LogP contribution in [0.1, 0.15) is 12.8 Å². The fourth-order valence-electron chi connectivity index (χ4n) is 1.65. The second kappa shape index (κ2) is 3.27. The summed E-state index contributed by atoms with van der Waals surface area (Å²) in [5, 5.41) is 0. The van der Waals surface area contributed by atoms with Crippen molar-refractivity contribution in [1.82, 2.24) is 0 Å². The van der Waals surface area contributed by atoms with Gasteiger partial charge in [0, 0.05) is 0 Å². The summed E-state index contributed by atoms with van der Waals surface area (Å²) in [5.74, 6) is -0.0861. The Hall–Kier alpha value is -0.830. The van der Waals surface area contributed by atoms with E-state index < -0.39 is 0 Å². The normalized spacial score (nSPS) is 29.8.